The Bertz CT molecular complexity index is 603. The zero-order valence-corrected chi connectivity index (χ0v) is 9.77. The number of nitrogens with one attached hydrogen (secondary N) is 1. The van der Waals surface area contributed by atoms with Gasteiger partial charge >= 0.3 is 0 Å². The van der Waals surface area contributed by atoms with Crippen LogP contribution in [0, 0.1) is 0 Å². The van der Waals surface area contributed by atoms with Crippen LogP contribution < -0.4 is 5.32 Å². The van der Waals surface area contributed by atoms with Crippen molar-refractivity contribution in [1.82, 2.24) is 5.32 Å². The summed E-state index contributed by atoms with van der Waals surface area (Å²) >= 11 is 0. The van der Waals surface area contributed by atoms with E-state index in [0.717, 1.165) is 16.5 Å². The minimum atomic E-state index is -0.936. The van der Waals surface area contributed by atoms with Crippen molar-refractivity contribution in [3.05, 3.63) is 53.6 Å². The highest BCUT2D eigenvalue weighted by Gasteiger charge is 2.30. The normalized spacial score (nSPS) is 22.7. The number of fused-ring (bicyclic) bond motifs is 2. The third kappa shape index (κ3) is 1.57. The zero-order chi connectivity index (χ0) is 11.9. The van der Waals surface area contributed by atoms with E-state index in [4.69, 9.17) is 0 Å². The van der Waals surface area contributed by atoms with Crippen LogP contribution in [0.25, 0.3) is 16.8 Å². The smallest absolute Gasteiger partial charge is 0.145 e. The van der Waals surface area contributed by atoms with Crippen molar-refractivity contribution in [1.29, 1.82) is 0 Å². The van der Waals surface area contributed by atoms with Crippen molar-refractivity contribution in [2.45, 2.75) is 12.1 Å². The maximum absolute atomic E-state index is 10.5. The molecule has 2 N–H and O–H groups in total. The Morgan fingerprint density at radius 1 is 1.18 bits per heavy atom. The van der Waals surface area contributed by atoms with Crippen LogP contribution in [-0.2, 0) is 5.72 Å². The molecule has 0 spiro atoms. The second-order valence-electron chi connectivity index (χ2n) is 4.50. The quantitative estimate of drug-likeness (QED) is 0.731. The van der Waals surface area contributed by atoms with Crippen LogP contribution >= 0.6 is 0 Å². The Hall–Kier alpha value is -1.64. The fourth-order valence-electron chi connectivity index (χ4n) is 2.46. The lowest BCUT2D eigenvalue weighted by molar-refractivity contribution is 0.00997. The molecule has 0 aromatic heterocycles. The van der Waals surface area contributed by atoms with E-state index in [0.29, 0.717) is 6.42 Å². The lowest BCUT2D eigenvalue weighted by Crippen LogP contribution is -2.40. The summed E-state index contributed by atoms with van der Waals surface area (Å²) in [4.78, 5) is 0. The molecule has 0 bridgehead atoms. The topological polar surface area (TPSA) is 32.3 Å². The number of benzene rings is 2. The molecule has 0 radical (unpaired) electrons. The van der Waals surface area contributed by atoms with Crippen LogP contribution in [0.4, 0.5) is 0 Å². The summed E-state index contributed by atoms with van der Waals surface area (Å²) in [5, 5.41) is 15.9. The van der Waals surface area contributed by atoms with E-state index in [1.807, 2.05) is 18.2 Å². The highest BCUT2D eigenvalue weighted by atomic mass is 16.3. The largest absolute Gasteiger partial charge is 0.371 e. The van der Waals surface area contributed by atoms with Crippen LogP contribution in [0.3, 0.4) is 0 Å². The van der Waals surface area contributed by atoms with Crippen molar-refractivity contribution in [3.63, 3.8) is 0 Å². The van der Waals surface area contributed by atoms with Gasteiger partial charge in [-0.1, -0.05) is 36.4 Å². The zero-order valence-electron chi connectivity index (χ0n) is 9.77. The summed E-state index contributed by atoms with van der Waals surface area (Å²) in [6.07, 6.45) is 4.69. The summed E-state index contributed by atoms with van der Waals surface area (Å²) in [5.74, 6) is 0. The van der Waals surface area contributed by atoms with Gasteiger partial charge in [0.25, 0.3) is 0 Å². The summed E-state index contributed by atoms with van der Waals surface area (Å²) < 4.78 is 0. The second kappa shape index (κ2) is 3.69. The van der Waals surface area contributed by atoms with Gasteiger partial charge in [0, 0.05) is 12.0 Å². The van der Waals surface area contributed by atoms with Gasteiger partial charge in [-0.2, -0.15) is 0 Å². The summed E-state index contributed by atoms with van der Waals surface area (Å²) in [5.41, 5.74) is 1.11. The first-order chi connectivity index (χ1) is 8.23. The minimum absolute atomic E-state index is 0.606. The van der Waals surface area contributed by atoms with Gasteiger partial charge in [-0.25, -0.2) is 0 Å². The Morgan fingerprint density at radius 3 is 2.59 bits per heavy atom. The summed E-state index contributed by atoms with van der Waals surface area (Å²) in [6.45, 7) is 0. The van der Waals surface area contributed by atoms with Crippen molar-refractivity contribution in [2.24, 2.45) is 0 Å². The van der Waals surface area contributed by atoms with E-state index in [2.05, 4.69) is 35.7 Å². The van der Waals surface area contributed by atoms with Gasteiger partial charge in [-0.05, 0) is 35.5 Å². The standard InChI is InChI=1S/C15H15NO/c1-16-15(17)8-4-7-13-9-11-5-2-3-6-12(11)10-14(13)15/h2-7,9-10,16-17H,8H2,1H3. The maximum atomic E-state index is 10.5. The Balaban J connectivity index is 2.31. The first-order valence-corrected chi connectivity index (χ1v) is 5.84. The molecular weight excluding hydrogens is 210 g/mol. The molecule has 1 unspecified atom stereocenters. The van der Waals surface area contributed by atoms with Crippen LogP contribution in [0.1, 0.15) is 17.5 Å². The van der Waals surface area contributed by atoms with E-state index in [-0.39, 0.29) is 0 Å². The Morgan fingerprint density at radius 2 is 1.88 bits per heavy atom. The first-order valence-electron chi connectivity index (χ1n) is 5.84. The summed E-state index contributed by atoms with van der Waals surface area (Å²) in [6, 6.07) is 12.4. The Kier molecular flexibility index (Phi) is 2.28. The summed E-state index contributed by atoms with van der Waals surface area (Å²) in [7, 11) is 1.79. The van der Waals surface area contributed by atoms with Crippen molar-refractivity contribution in [3.8, 4) is 0 Å². The minimum Gasteiger partial charge on any atom is -0.371 e. The third-order valence-electron chi connectivity index (χ3n) is 3.49. The fourth-order valence-corrected chi connectivity index (χ4v) is 2.46. The molecule has 2 heteroatoms. The number of rotatable bonds is 1. The molecule has 17 heavy (non-hydrogen) atoms. The van der Waals surface area contributed by atoms with Gasteiger partial charge in [0.05, 0.1) is 0 Å². The molecule has 0 amide bonds. The molecule has 1 atom stereocenters. The SMILES string of the molecule is CNC1(O)CC=Cc2cc3ccccc3cc21. The molecule has 1 aliphatic rings. The lowest BCUT2D eigenvalue weighted by atomic mass is 9.87. The van der Waals surface area contributed by atoms with Crippen molar-refractivity contribution >= 4 is 16.8 Å². The van der Waals surface area contributed by atoms with E-state index in [1.54, 1.807) is 7.05 Å². The molecule has 2 aromatic rings. The van der Waals surface area contributed by atoms with E-state index < -0.39 is 5.72 Å². The molecule has 3 rings (SSSR count). The Labute approximate surface area is 101 Å². The van der Waals surface area contributed by atoms with Gasteiger partial charge in [0.15, 0.2) is 0 Å². The average molecular weight is 225 g/mol. The van der Waals surface area contributed by atoms with Crippen LogP contribution in [-0.4, -0.2) is 12.2 Å². The fraction of sp³-hybridized carbons (Fsp3) is 0.200. The number of hydrogen-bond acceptors (Lipinski definition) is 2. The van der Waals surface area contributed by atoms with E-state index in [9.17, 15) is 5.11 Å². The number of aliphatic hydroxyl groups is 1. The molecule has 0 heterocycles. The predicted octanol–water partition coefficient (Wildman–Crippen LogP) is 2.62. The first kappa shape index (κ1) is 10.5. The van der Waals surface area contributed by atoms with E-state index >= 15 is 0 Å². The average Bonchev–Trinajstić information content (AvgIpc) is 2.37. The highest BCUT2D eigenvalue weighted by Crippen LogP contribution is 2.34. The molecule has 0 saturated carbocycles. The molecule has 0 fully saturated rings. The molecule has 86 valence electrons. The highest BCUT2D eigenvalue weighted by molar-refractivity contribution is 5.86. The van der Waals surface area contributed by atoms with Crippen LogP contribution in [0.2, 0.25) is 0 Å². The van der Waals surface area contributed by atoms with Crippen molar-refractivity contribution < 1.29 is 5.11 Å². The molecule has 0 saturated heterocycles. The van der Waals surface area contributed by atoms with Gasteiger partial charge in [0.2, 0.25) is 0 Å². The monoisotopic (exact) mass is 225 g/mol. The van der Waals surface area contributed by atoms with Crippen LogP contribution in [0.5, 0.6) is 0 Å². The van der Waals surface area contributed by atoms with Gasteiger partial charge < -0.3 is 5.11 Å². The molecule has 1 aliphatic carbocycles. The maximum Gasteiger partial charge on any atom is 0.145 e. The van der Waals surface area contributed by atoms with Crippen LogP contribution in [0.15, 0.2) is 42.5 Å². The predicted molar refractivity (Wildman–Crippen MR) is 70.6 cm³/mol. The molecular formula is C15H15NO. The van der Waals surface area contributed by atoms with Gasteiger partial charge in [-0.15, -0.1) is 0 Å². The van der Waals surface area contributed by atoms with Gasteiger partial charge in [-0.3, -0.25) is 5.32 Å². The van der Waals surface area contributed by atoms with Gasteiger partial charge in [0.1, 0.15) is 5.72 Å². The lowest BCUT2D eigenvalue weighted by Gasteiger charge is -2.31. The molecule has 0 aliphatic heterocycles. The molecule has 2 nitrogen and oxygen atoms in total. The van der Waals surface area contributed by atoms with E-state index in [1.165, 1.54) is 5.39 Å². The van der Waals surface area contributed by atoms with Crippen molar-refractivity contribution in [2.75, 3.05) is 7.05 Å². The second-order valence-corrected chi connectivity index (χ2v) is 4.50. The third-order valence-corrected chi connectivity index (χ3v) is 3.49. The number of hydrogen-bond donors (Lipinski definition) is 2. The molecule has 2 aromatic carbocycles.